The van der Waals surface area contributed by atoms with Crippen LogP contribution in [0, 0.1) is 16.7 Å². The summed E-state index contributed by atoms with van der Waals surface area (Å²) in [6.07, 6.45) is 7.63. The van der Waals surface area contributed by atoms with E-state index < -0.39 is 0 Å². The molecule has 5 heteroatoms. The van der Waals surface area contributed by atoms with Crippen LogP contribution in [0.2, 0.25) is 0 Å². The number of likely N-dealkylation sites (tertiary alicyclic amines) is 2. The van der Waals surface area contributed by atoms with E-state index in [2.05, 4.69) is 35.2 Å². The van der Waals surface area contributed by atoms with Gasteiger partial charge in [-0.25, -0.2) is 0 Å². The van der Waals surface area contributed by atoms with Crippen LogP contribution >= 0.6 is 0 Å². The van der Waals surface area contributed by atoms with Gasteiger partial charge in [-0.15, -0.1) is 0 Å². The number of rotatable bonds is 5. The van der Waals surface area contributed by atoms with Crippen LogP contribution < -0.4 is 0 Å². The molecular weight excluding hydrogens is 374 g/mol. The highest BCUT2D eigenvalue weighted by Gasteiger charge is 2.44. The zero-order valence-electron chi connectivity index (χ0n) is 18.3. The predicted octanol–water partition coefficient (Wildman–Crippen LogP) is 3.74. The summed E-state index contributed by atoms with van der Waals surface area (Å²) in [4.78, 5) is 17.0. The molecule has 0 atom stereocenters. The maximum absolute atomic E-state index is 12.3. The number of amides is 1. The molecule has 1 saturated carbocycles. The number of hydrogen-bond donors (Lipinski definition) is 0. The van der Waals surface area contributed by atoms with Crippen molar-refractivity contribution in [1.29, 1.82) is 5.26 Å². The SMILES string of the molecule is CCOCC(=O)N1CCC2(CCN(C3CCC(C#N)(c4ccccc4)CC3)CC2)C1. The first kappa shape index (κ1) is 21.3. The molecule has 1 aromatic rings. The van der Waals surface area contributed by atoms with E-state index in [0.29, 0.717) is 18.1 Å². The maximum atomic E-state index is 12.3. The average Bonchev–Trinajstić information content (AvgIpc) is 3.22. The topological polar surface area (TPSA) is 56.6 Å². The van der Waals surface area contributed by atoms with Crippen molar-refractivity contribution in [3.8, 4) is 6.07 Å². The van der Waals surface area contributed by atoms with E-state index in [1.807, 2.05) is 17.9 Å². The largest absolute Gasteiger partial charge is 0.372 e. The molecule has 1 spiro atoms. The Hall–Kier alpha value is -1.90. The fourth-order valence-corrected chi connectivity index (χ4v) is 5.88. The van der Waals surface area contributed by atoms with E-state index in [1.165, 1.54) is 18.4 Å². The number of ether oxygens (including phenoxy) is 1. The Bertz CT molecular complexity index is 756. The smallest absolute Gasteiger partial charge is 0.248 e. The number of piperidine rings is 1. The fraction of sp³-hybridized carbons (Fsp3) is 0.680. The van der Waals surface area contributed by atoms with Crippen molar-refractivity contribution in [2.75, 3.05) is 39.4 Å². The van der Waals surface area contributed by atoms with E-state index >= 15 is 0 Å². The highest BCUT2D eigenvalue weighted by molar-refractivity contribution is 5.77. The Morgan fingerprint density at radius 3 is 2.40 bits per heavy atom. The molecule has 30 heavy (non-hydrogen) atoms. The van der Waals surface area contributed by atoms with Gasteiger partial charge >= 0.3 is 0 Å². The molecule has 3 fully saturated rings. The van der Waals surface area contributed by atoms with Crippen LogP contribution in [0.3, 0.4) is 0 Å². The molecule has 5 nitrogen and oxygen atoms in total. The Morgan fingerprint density at radius 2 is 1.77 bits per heavy atom. The van der Waals surface area contributed by atoms with Crippen molar-refractivity contribution in [2.45, 2.75) is 63.3 Å². The van der Waals surface area contributed by atoms with Crippen LogP contribution in [0.15, 0.2) is 30.3 Å². The van der Waals surface area contributed by atoms with E-state index in [0.717, 1.165) is 58.3 Å². The van der Waals surface area contributed by atoms with E-state index in [1.54, 1.807) is 0 Å². The number of carbonyl (C=O) groups is 1. The summed E-state index contributed by atoms with van der Waals surface area (Å²) in [7, 11) is 0. The van der Waals surface area contributed by atoms with Gasteiger partial charge in [0, 0.05) is 25.7 Å². The number of nitriles is 1. The van der Waals surface area contributed by atoms with Gasteiger partial charge < -0.3 is 14.5 Å². The van der Waals surface area contributed by atoms with Gasteiger partial charge in [0.2, 0.25) is 5.91 Å². The third kappa shape index (κ3) is 4.26. The summed E-state index contributed by atoms with van der Waals surface area (Å²) in [6.45, 7) is 6.80. The quantitative estimate of drug-likeness (QED) is 0.743. The molecule has 1 aromatic carbocycles. The molecule has 0 N–H and O–H groups in total. The Balaban J connectivity index is 1.29. The van der Waals surface area contributed by atoms with Crippen LogP contribution in [-0.4, -0.2) is 61.1 Å². The second kappa shape index (κ2) is 9.08. The van der Waals surface area contributed by atoms with Crippen LogP contribution in [0.25, 0.3) is 0 Å². The lowest BCUT2D eigenvalue weighted by molar-refractivity contribution is -0.135. The Labute approximate surface area is 181 Å². The molecule has 4 rings (SSSR count). The second-order valence-electron chi connectivity index (χ2n) is 9.53. The summed E-state index contributed by atoms with van der Waals surface area (Å²) in [5.74, 6) is 0.150. The molecule has 162 valence electrons. The lowest BCUT2D eigenvalue weighted by Gasteiger charge is -2.46. The molecule has 1 amide bonds. The highest BCUT2D eigenvalue weighted by Crippen LogP contribution is 2.44. The molecule has 3 aliphatic rings. The fourth-order valence-electron chi connectivity index (χ4n) is 5.88. The Morgan fingerprint density at radius 1 is 1.10 bits per heavy atom. The average molecular weight is 410 g/mol. The first-order valence-electron chi connectivity index (χ1n) is 11.7. The summed E-state index contributed by atoms with van der Waals surface area (Å²) >= 11 is 0. The number of nitrogens with zero attached hydrogens (tertiary/aromatic N) is 3. The van der Waals surface area contributed by atoms with Crippen LogP contribution in [0.5, 0.6) is 0 Å². The zero-order valence-corrected chi connectivity index (χ0v) is 18.3. The van der Waals surface area contributed by atoms with Gasteiger partial charge in [-0.1, -0.05) is 30.3 Å². The molecule has 0 unspecified atom stereocenters. The monoisotopic (exact) mass is 409 g/mol. The molecule has 0 aromatic heterocycles. The predicted molar refractivity (Wildman–Crippen MR) is 117 cm³/mol. The molecular formula is C25H35N3O2. The first-order chi connectivity index (χ1) is 14.6. The zero-order chi connectivity index (χ0) is 21.0. The van der Waals surface area contributed by atoms with Crippen molar-refractivity contribution in [3.63, 3.8) is 0 Å². The number of hydrogen-bond acceptors (Lipinski definition) is 4. The van der Waals surface area contributed by atoms with E-state index in [4.69, 9.17) is 4.74 Å². The number of benzene rings is 1. The molecule has 2 aliphatic heterocycles. The second-order valence-corrected chi connectivity index (χ2v) is 9.53. The minimum atomic E-state index is -0.304. The van der Waals surface area contributed by atoms with Gasteiger partial charge in [0.1, 0.15) is 6.61 Å². The summed E-state index contributed by atoms with van der Waals surface area (Å²) < 4.78 is 5.32. The van der Waals surface area contributed by atoms with Crippen LogP contribution in [0.4, 0.5) is 0 Å². The van der Waals surface area contributed by atoms with Crippen molar-refractivity contribution in [1.82, 2.24) is 9.80 Å². The van der Waals surface area contributed by atoms with Gasteiger partial charge in [0.25, 0.3) is 0 Å². The lowest BCUT2D eigenvalue weighted by Crippen LogP contribution is -2.48. The Kier molecular flexibility index (Phi) is 6.46. The van der Waals surface area contributed by atoms with Crippen molar-refractivity contribution in [3.05, 3.63) is 35.9 Å². The molecule has 1 aliphatic carbocycles. The minimum Gasteiger partial charge on any atom is -0.372 e. The first-order valence-corrected chi connectivity index (χ1v) is 11.7. The van der Waals surface area contributed by atoms with E-state index in [9.17, 15) is 10.1 Å². The molecule has 2 saturated heterocycles. The lowest BCUT2D eigenvalue weighted by atomic mass is 9.68. The number of carbonyl (C=O) groups excluding carboxylic acids is 1. The van der Waals surface area contributed by atoms with Gasteiger partial charge in [0.15, 0.2) is 0 Å². The standard InChI is InChI=1S/C25H35N3O2/c1-2-30-18-23(29)28-17-14-24(20-28)12-15-27(16-13-24)22-8-10-25(19-26,11-9-22)21-6-4-3-5-7-21/h3-7,22H,2,8-18,20H2,1H3. The molecule has 0 bridgehead atoms. The van der Waals surface area contributed by atoms with Gasteiger partial charge in [-0.3, -0.25) is 4.79 Å². The summed E-state index contributed by atoms with van der Waals surface area (Å²) in [5, 5.41) is 9.95. The normalized spacial score (nSPS) is 29.1. The molecule has 2 heterocycles. The third-order valence-corrected chi connectivity index (χ3v) is 7.94. The van der Waals surface area contributed by atoms with Gasteiger partial charge in [-0.05, 0) is 75.9 Å². The van der Waals surface area contributed by atoms with Crippen molar-refractivity contribution >= 4 is 5.91 Å². The van der Waals surface area contributed by atoms with Crippen molar-refractivity contribution in [2.24, 2.45) is 5.41 Å². The summed E-state index contributed by atoms with van der Waals surface area (Å²) in [6, 6.07) is 13.6. The van der Waals surface area contributed by atoms with Crippen molar-refractivity contribution < 1.29 is 9.53 Å². The van der Waals surface area contributed by atoms with Gasteiger partial charge in [0.05, 0.1) is 11.5 Å². The van der Waals surface area contributed by atoms with E-state index in [-0.39, 0.29) is 17.9 Å². The minimum absolute atomic E-state index is 0.150. The summed E-state index contributed by atoms with van der Waals surface area (Å²) in [5.41, 5.74) is 1.20. The molecule has 0 radical (unpaired) electrons. The van der Waals surface area contributed by atoms with Gasteiger partial charge in [-0.2, -0.15) is 5.26 Å². The maximum Gasteiger partial charge on any atom is 0.248 e. The van der Waals surface area contributed by atoms with Crippen LogP contribution in [-0.2, 0) is 14.9 Å². The highest BCUT2D eigenvalue weighted by atomic mass is 16.5. The van der Waals surface area contributed by atoms with Crippen LogP contribution in [0.1, 0.15) is 57.4 Å². The third-order valence-electron chi connectivity index (χ3n) is 7.94.